The van der Waals surface area contributed by atoms with Crippen molar-refractivity contribution in [3.05, 3.63) is 64.4 Å². The molecule has 2 aromatic carbocycles. The van der Waals surface area contributed by atoms with Gasteiger partial charge in [0.25, 0.3) is 0 Å². The van der Waals surface area contributed by atoms with Crippen LogP contribution in [0.5, 0.6) is 11.5 Å². The second-order valence-electron chi connectivity index (χ2n) is 7.24. The molecule has 1 amide bonds. The lowest BCUT2D eigenvalue weighted by atomic mass is 9.82. The Labute approximate surface area is 168 Å². The molecule has 5 nitrogen and oxygen atoms in total. The first-order valence-electron chi connectivity index (χ1n) is 8.39. The van der Waals surface area contributed by atoms with E-state index < -0.39 is 23.4 Å². The highest BCUT2D eigenvalue weighted by molar-refractivity contribution is 6.32. The molecule has 0 spiro atoms. The number of nitrogens with zero attached hydrogens (tertiary/aromatic N) is 1. The number of nitrogens with one attached hydrogen (secondary N) is 1. The van der Waals surface area contributed by atoms with Crippen molar-refractivity contribution in [3.63, 3.8) is 0 Å². The smallest absolute Gasteiger partial charge is 0.405 e. The van der Waals surface area contributed by atoms with Gasteiger partial charge in [-0.1, -0.05) is 51.1 Å². The molecule has 28 heavy (non-hydrogen) atoms. The van der Waals surface area contributed by atoms with Gasteiger partial charge in [0.1, 0.15) is 5.75 Å². The molecular formula is C21H20ClFN2O3. The minimum absolute atomic E-state index is 0.0201. The lowest BCUT2D eigenvalue weighted by Gasteiger charge is -2.31. The molecular weight excluding hydrogens is 383 g/mol. The minimum Gasteiger partial charge on any atom is -0.465 e. The number of rotatable bonds is 5. The van der Waals surface area contributed by atoms with Gasteiger partial charge in [-0.3, -0.25) is 0 Å². The predicted octanol–water partition coefficient (Wildman–Crippen LogP) is 6.14. The van der Waals surface area contributed by atoms with Crippen LogP contribution in [0.3, 0.4) is 0 Å². The zero-order chi connectivity index (χ0) is 21.1. The van der Waals surface area contributed by atoms with Gasteiger partial charge in [0.2, 0.25) is 0 Å². The maximum Gasteiger partial charge on any atom is 0.405 e. The first-order valence-corrected chi connectivity index (χ1v) is 8.77. The van der Waals surface area contributed by atoms with Crippen LogP contribution in [0.25, 0.3) is 6.08 Å². The number of hydrogen-bond donors (Lipinski definition) is 2. The van der Waals surface area contributed by atoms with Crippen molar-refractivity contribution in [2.75, 3.05) is 0 Å². The summed E-state index contributed by atoms with van der Waals surface area (Å²) in [6.45, 7) is 9.01. The van der Waals surface area contributed by atoms with Crippen LogP contribution in [-0.4, -0.2) is 11.2 Å². The molecule has 0 saturated heterocycles. The normalized spacial score (nSPS) is 12.0. The minimum atomic E-state index is -1.27. The molecule has 0 aliphatic heterocycles. The van der Waals surface area contributed by atoms with Crippen LogP contribution in [0.4, 0.5) is 9.18 Å². The fourth-order valence-corrected chi connectivity index (χ4v) is 2.91. The fourth-order valence-electron chi connectivity index (χ4n) is 2.73. The van der Waals surface area contributed by atoms with Crippen molar-refractivity contribution >= 4 is 23.8 Å². The van der Waals surface area contributed by atoms with Gasteiger partial charge in [-0.25, -0.2) is 9.18 Å². The van der Waals surface area contributed by atoms with E-state index >= 15 is 4.39 Å². The van der Waals surface area contributed by atoms with Gasteiger partial charge in [-0.15, -0.1) is 0 Å². The first kappa shape index (κ1) is 21.3. The third-order valence-electron chi connectivity index (χ3n) is 4.04. The van der Waals surface area contributed by atoms with Crippen LogP contribution in [0.2, 0.25) is 5.02 Å². The van der Waals surface area contributed by atoms with Gasteiger partial charge < -0.3 is 15.2 Å². The average molecular weight is 403 g/mol. The zero-order valence-corrected chi connectivity index (χ0v) is 16.5. The van der Waals surface area contributed by atoms with Crippen LogP contribution in [0, 0.1) is 22.6 Å². The molecule has 2 N–H and O–H groups in total. The number of benzene rings is 2. The van der Waals surface area contributed by atoms with E-state index in [0.29, 0.717) is 11.1 Å². The quantitative estimate of drug-likeness (QED) is 0.629. The molecule has 2 aromatic rings. The maximum absolute atomic E-state index is 15.3. The summed E-state index contributed by atoms with van der Waals surface area (Å²) in [5, 5.41) is 20.7. The van der Waals surface area contributed by atoms with Gasteiger partial charge in [0.05, 0.1) is 22.7 Å². The molecule has 0 bridgehead atoms. The molecule has 0 radical (unpaired) electrons. The number of nitriles is 1. The van der Waals surface area contributed by atoms with Crippen LogP contribution in [0.15, 0.2) is 36.9 Å². The summed E-state index contributed by atoms with van der Waals surface area (Å²) in [5.41, 5.74) is 0.442. The van der Waals surface area contributed by atoms with Gasteiger partial charge in [0.15, 0.2) is 11.6 Å². The van der Waals surface area contributed by atoms with Crippen molar-refractivity contribution < 1.29 is 19.0 Å². The van der Waals surface area contributed by atoms with Crippen molar-refractivity contribution in [3.8, 4) is 17.6 Å². The molecule has 0 aliphatic carbocycles. The van der Waals surface area contributed by atoms with Gasteiger partial charge in [0, 0.05) is 5.56 Å². The molecule has 0 aliphatic rings. The lowest BCUT2D eigenvalue weighted by molar-refractivity contribution is 0.174. The molecule has 0 saturated carbocycles. The van der Waals surface area contributed by atoms with E-state index in [2.05, 4.69) is 11.9 Å². The Morgan fingerprint density at radius 2 is 2.07 bits per heavy atom. The summed E-state index contributed by atoms with van der Waals surface area (Å²) in [7, 11) is 0. The molecule has 0 heterocycles. The summed E-state index contributed by atoms with van der Waals surface area (Å²) in [6.07, 6.45) is 0.267. The molecule has 0 aromatic heterocycles. The SMILES string of the molecule is C=Cc1cc(C#N)cc(Oc2c(Cl)ccc(C(NC(=O)O)C(C)(C)C)c2F)c1. The third-order valence-corrected chi connectivity index (χ3v) is 4.33. The number of ether oxygens (including phenoxy) is 1. The third kappa shape index (κ3) is 4.81. The molecule has 7 heteroatoms. The van der Waals surface area contributed by atoms with Crippen LogP contribution >= 0.6 is 11.6 Å². The average Bonchev–Trinajstić information content (AvgIpc) is 2.62. The van der Waals surface area contributed by atoms with E-state index in [-0.39, 0.29) is 22.1 Å². The van der Waals surface area contributed by atoms with Crippen LogP contribution in [-0.2, 0) is 0 Å². The van der Waals surface area contributed by atoms with E-state index in [4.69, 9.17) is 26.7 Å². The maximum atomic E-state index is 15.3. The molecule has 0 fully saturated rings. The first-order chi connectivity index (χ1) is 13.1. The van der Waals surface area contributed by atoms with E-state index in [9.17, 15) is 4.79 Å². The standard InChI is InChI=1S/C21H20ClFN2O3/c1-5-12-8-13(11-24)10-14(9-12)28-18-16(22)7-6-15(17(18)23)19(21(2,3)4)25-20(26)27/h5-10,19,25H,1H2,2-4H3,(H,26,27). The topological polar surface area (TPSA) is 82.3 Å². The number of halogens is 2. The summed E-state index contributed by atoms with van der Waals surface area (Å²) in [5.74, 6) is -0.806. The number of carbonyl (C=O) groups is 1. The monoisotopic (exact) mass is 402 g/mol. The highest BCUT2D eigenvalue weighted by atomic mass is 35.5. The van der Waals surface area contributed by atoms with E-state index in [1.54, 1.807) is 32.9 Å². The van der Waals surface area contributed by atoms with Crippen LogP contribution < -0.4 is 10.1 Å². The van der Waals surface area contributed by atoms with E-state index in [0.717, 1.165) is 0 Å². The summed E-state index contributed by atoms with van der Waals surface area (Å²) >= 11 is 6.14. The van der Waals surface area contributed by atoms with Crippen LogP contribution in [0.1, 0.15) is 43.5 Å². The van der Waals surface area contributed by atoms with E-state index in [1.807, 2.05) is 6.07 Å². The van der Waals surface area contributed by atoms with Crippen molar-refractivity contribution in [1.82, 2.24) is 5.32 Å². The largest absolute Gasteiger partial charge is 0.465 e. The number of carboxylic acid groups (broad SMARTS) is 1. The molecule has 1 unspecified atom stereocenters. The zero-order valence-electron chi connectivity index (χ0n) is 15.7. The summed E-state index contributed by atoms with van der Waals surface area (Å²) < 4.78 is 20.9. The second-order valence-corrected chi connectivity index (χ2v) is 7.64. The highest BCUT2D eigenvalue weighted by Gasteiger charge is 2.32. The molecule has 1 atom stereocenters. The van der Waals surface area contributed by atoms with E-state index in [1.165, 1.54) is 24.3 Å². The van der Waals surface area contributed by atoms with Gasteiger partial charge >= 0.3 is 6.09 Å². The predicted molar refractivity (Wildman–Crippen MR) is 106 cm³/mol. The Morgan fingerprint density at radius 3 is 2.61 bits per heavy atom. The number of amides is 1. The summed E-state index contributed by atoms with van der Waals surface area (Å²) in [4.78, 5) is 11.2. The van der Waals surface area contributed by atoms with Crippen molar-refractivity contribution in [2.45, 2.75) is 26.8 Å². The van der Waals surface area contributed by atoms with Crippen molar-refractivity contribution in [2.24, 2.45) is 5.41 Å². The Bertz CT molecular complexity index is 961. The molecule has 2 rings (SSSR count). The highest BCUT2D eigenvalue weighted by Crippen LogP contribution is 2.41. The Hall–Kier alpha value is -3.04. The van der Waals surface area contributed by atoms with Gasteiger partial charge in [-0.2, -0.15) is 5.26 Å². The Balaban J connectivity index is 2.55. The summed E-state index contributed by atoms with van der Waals surface area (Å²) in [6, 6.07) is 8.69. The second kappa shape index (κ2) is 8.32. The Morgan fingerprint density at radius 1 is 1.39 bits per heavy atom. The van der Waals surface area contributed by atoms with Gasteiger partial charge in [-0.05, 0) is 35.2 Å². The fraction of sp³-hybridized carbons (Fsp3) is 0.238. The lowest BCUT2D eigenvalue weighted by Crippen LogP contribution is -2.36. The molecule has 146 valence electrons. The van der Waals surface area contributed by atoms with Crippen molar-refractivity contribution in [1.29, 1.82) is 5.26 Å². The number of hydrogen-bond acceptors (Lipinski definition) is 3. The Kier molecular flexibility index (Phi) is 6.32.